The van der Waals surface area contributed by atoms with E-state index in [-0.39, 0.29) is 88.0 Å². The molecule has 3 aromatic carbocycles. The second-order valence-electron chi connectivity index (χ2n) is 21.0. The van der Waals surface area contributed by atoms with Crippen molar-refractivity contribution < 1.29 is 77.9 Å². The Hall–Kier alpha value is -7.69. The van der Waals surface area contributed by atoms with Crippen LogP contribution < -0.4 is 25.1 Å². The van der Waals surface area contributed by atoms with Crippen molar-refractivity contribution in [2.45, 2.75) is 112 Å². The van der Waals surface area contributed by atoms with E-state index >= 15 is 4.39 Å². The zero-order valence-electron chi connectivity index (χ0n) is 45.2. The summed E-state index contributed by atoms with van der Waals surface area (Å²) in [6.07, 6.45) is 5.50. The molecule has 5 aliphatic rings. The lowest BCUT2D eigenvalue weighted by Gasteiger charge is -2.40. The number of Topliss-reactive ketones (excluding diaryl/α,β-unsaturated/α-hetero) is 1. The number of fused-ring (bicyclic) bond motifs is 14. The number of piperazine rings is 1. The van der Waals surface area contributed by atoms with E-state index in [1.165, 1.54) is 65.4 Å². The Morgan fingerprint density at radius 3 is 2.28 bits per heavy atom. The van der Waals surface area contributed by atoms with Crippen molar-refractivity contribution in [1.29, 1.82) is 0 Å². The van der Waals surface area contributed by atoms with E-state index < -0.39 is 129 Å². The summed E-state index contributed by atoms with van der Waals surface area (Å²) < 4.78 is 47.7. The third-order valence-electron chi connectivity index (χ3n) is 15.6. The van der Waals surface area contributed by atoms with Gasteiger partial charge in [-0.3, -0.25) is 24.2 Å². The van der Waals surface area contributed by atoms with Crippen molar-refractivity contribution in [3.05, 3.63) is 86.7 Å². The maximum atomic E-state index is 16.3. The number of ether oxygens (including phenoxy) is 5. The number of hydrazone groups is 1. The summed E-state index contributed by atoms with van der Waals surface area (Å²) in [7, 11) is 1.41. The number of benzene rings is 3. The van der Waals surface area contributed by atoms with Gasteiger partial charge < -0.3 is 69.1 Å². The van der Waals surface area contributed by atoms with E-state index in [1.54, 1.807) is 62.1 Å². The lowest BCUT2D eigenvalue weighted by atomic mass is 9.78. The highest BCUT2D eigenvalue weighted by molar-refractivity contribution is 6.24. The number of nitrogens with zero attached hydrogens (tertiary/aromatic N) is 4. The Morgan fingerprint density at radius 2 is 1.63 bits per heavy atom. The van der Waals surface area contributed by atoms with Gasteiger partial charge in [-0.2, -0.15) is 5.10 Å². The van der Waals surface area contributed by atoms with Crippen LogP contribution in [0.1, 0.15) is 100 Å². The number of halogens is 1. The number of aliphatic hydroxyl groups is 2. The summed E-state index contributed by atoms with van der Waals surface area (Å²) in [6.45, 7) is 16.2. The molecule has 21 nitrogen and oxygen atoms in total. The number of hydrogen-bond acceptors (Lipinski definition) is 18. The maximum Gasteiger partial charge on any atom is 0.341 e. The number of aromatic hydroxyl groups is 3. The van der Waals surface area contributed by atoms with Crippen molar-refractivity contribution in [3.63, 3.8) is 0 Å². The molecule has 9 rings (SSSR count). The second-order valence-corrected chi connectivity index (χ2v) is 21.0. The summed E-state index contributed by atoms with van der Waals surface area (Å²) in [4.78, 5) is 68.3. The predicted octanol–water partition coefficient (Wildman–Crippen LogP) is 6.40. The van der Waals surface area contributed by atoms with Gasteiger partial charge in [0, 0.05) is 80.4 Å². The molecule has 1 fully saturated rings. The number of esters is 1. The molecule has 418 valence electrons. The first-order chi connectivity index (χ1) is 36.7. The highest BCUT2D eigenvalue weighted by Crippen LogP contribution is 2.55. The minimum atomic E-state index is -2.15. The maximum absolute atomic E-state index is 16.3. The Kier molecular flexibility index (Phi) is 15.7. The van der Waals surface area contributed by atoms with Gasteiger partial charge in [-0.15, -0.1) is 0 Å². The molecule has 5 aliphatic heterocycles. The third kappa shape index (κ3) is 9.84. The fourth-order valence-corrected chi connectivity index (χ4v) is 11.0. The van der Waals surface area contributed by atoms with Crippen LogP contribution in [0.25, 0.3) is 21.7 Å². The molecule has 78 heavy (non-hydrogen) atoms. The number of phenolic OH excluding ortho intramolecular Hbond substituents is 3. The highest BCUT2D eigenvalue weighted by Gasteiger charge is 2.50. The average Bonchev–Trinajstić information content (AvgIpc) is 3.77. The number of carboxylic acid groups (broad SMARTS) is 1. The number of amides is 1. The number of ketones is 1. The molecule has 5 bridgehead atoms. The van der Waals surface area contributed by atoms with Gasteiger partial charge in [0.2, 0.25) is 5.43 Å². The number of rotatable bonds is 6. The van der Waals surface area contributed by atoms with Crippen molar-refractivity contribution in [1.82, 2.24) is 9.58 Å². The molecule has 0 aliphatic carbocycles. The number of phenols is 3. The van der Waals surface area contributed by atoms with Gasteiger partial charge in [0.15, 0.2) is 17.3 Å². The number of carbonyl (C=O) groups is 4. The van der Waals surface area contributed by atoms with Gasteiger partial charge in [-0.05, 0) is 39.8 Å². The number of methoxy groups -OCH3 is 1. The number of aromatic nitrogens is 1. The van der Waals surface area contributed by atoms with Crippen LogP contribution in [0.2, 0.25) is 0 Å². The molecule has 0 spiro atoms. The first kappa shape index (κ1) is 56.5. The third-order valence-corrected chi connectivity index (χ3v) is 15.6. The molecule has 7 N–H and O–H groups in total. The van der Waals surface area contributed by atoms with E-state index in [2.05, 4.69) is 10.4 Å². The monoisotopic (exact) mass is 1080 g/mol. The van der Waals surface area contributed by atoms with Gasteiger partial charge in [0.25, 0.3) is 11.7 Å². The van der Waals surface area contributed by atoms with Gasteiger partial charge in [-0.1, -0.05) is 45.9 Å². The summed E-state index contributed by atoms with van der Waals surface area (Å²) in [6, 6.07) is 0.123. The number of hydrogen-bond donors (Lipinski definition) is 7. The van der Waals surface area contributed by atoms with Crippen molar-refractivity contribution in [2.24, 2.45) is 28.8 Å². The molecule has 1 aromatic heterocycles. The van der Waals surface area contributed by atoms with E-state index in [0.29, 0.717) is 0 Å². The Balaban J connectivity index is 1.21. The smallest absolute Gasteiger partial charge is 0.341 e. The fraction of sp³-hybridized carbons (Fsp3) is 0.464. The number of anilines is 2. The zero-order chi connectivity index (χ0) is 57.1. The first-order valence-electron chi connectivity index (χ1n) is 25.6. The number of aliphatic hydroxyl groups excluding tert-OH is 2. The normalized spacial score (nSPS) is 29.4. The fourth-order valence-electron chi connectivity index (χ4n) is 11.0. The molecule has 22 heteroatoms. The highest BCUT2D eigenvalue weighted by atomic mass is 19.1. The zero-order valence-corrected chi connectivity index (χ0v) is 45.2. The summed E-state index contributed by atoms with van der Waals surface area (Å²) in [5, 5.41) is 77.4. The number of carbonyl (C=O) groups excluding carboxylic acids is 3. The Morgan fingerprint density at radius 1 is 0.923 bits per heavy atom. The van der Waals surface area contributed by atoms with E-state index in [1.807, 2.05) is 0 Å². The summed E-state index contributed by atoms with van der Waals surface area (Å²) >= 11 is 0. The van der Waals surface area contributed by atoms with Crippen LogP contribution in [0.4, 0.5) is 15.8 Å². The van der Waals surface area contributed by atoms with Crippen molar-refractivity contribution in [3.8, 4) is 28.7 Å². The van der Waals surface area contributed by atoms with E-state index in [4.69, 9.17) is 23.7 Å². The molecule has 0 radical (unpaired) electrons. The molecule has 1 amide bonds. The summed E-state index contributed by atoms with van der Waals surface area (Å²) in [5.74, 6) is -11.5. The van der Waals surface area contributed by atoms with Crippen LogP contribution in [-0.4, -0.2) is 140 Å². The SMILES string of the molecule is CO[C@H]1/C=C\O[C@@]2(C)Oc3c(C)c(O)c4c(O)c(c(/C=N/N5CCN(c6c(F)cc7c(=O)c(C(=O)O)cn8c7c6OCC8C)CC5C)c(O)c4c3C2=O)NC(=O)/C(C)=C/C=C\[C@H](C)[C@H](O)[C@@H](C)[C@@H](O)[C@@H](C)[C@@H](OC(C)=O)[C@H]1C. The molecule has 1 saturated heterocycles. The van der Waals surface area contributed by atoms with Gasteiger partial charge >= 0.3 is 17.7 Å². The number of aromatic carboxylic acids is 1. The number of allylic oxidation sites excluding steroid dienone is 2. The van der Waals surface area contributed by atoms with E-state index in [9.17, 15) is 54.6 Å². The average molecular weight is 1080 g/mol. The van der Waals surface area contributed by atoms with Crippen molar-refractivity contribution in [2.75, 3.05) is 43.6 Å². The minimum absolute atomic E-state index is 0.0233. The Bertz CT molecular complexity index is 3320. The van der Waals surface area contributed by atoms with Crippen LogP contribution in [0.5, 0.6) is 28.7 Å². The van der Waals surface area contributed by atoms with Crippen LogP contribution >= 0.6 is 0 Å². The molecule has 4 aromatic rings. The number of carboxylic acids is 1. The molecule has 11 atom stereocenters. The topological polar surface area (TPSA) is 289 Å². The predicted molar refractivity (Wildman–Crippen MR) is 285 cm³/mol. The standard InChI is InChI=1S/C56H66FN5O16/c1-24-13-12-14-25(2)54(71)59-41-34(20-58-62-17-16-60(21-26(62)3)43-36(57)19-33-42-52(43)75-23-27(4)61(42)22-35(47(33)67)55(72)73)48(68)38-39(49(41)69)46(66)31(8)51-40(38)53(70)56(10,78-51)76-18-15-37(74-11)28(5)50(77-32(9)63)30(7)45(65)29(6)44(24)64/h12-15,18-20,22,24,26-30,37,44-45,50,64-66,68-69H,16-17,21,23H2,1-11H3,(H,59,71)(H,72,73)/b13-12-,18-15-,25-14+,58-20+/t24-,26?,27?,28-,29+,30+,37-,44-,45+,50-,56-/m0/s1. The molecule has 0 saturated carbocycles. The minimum Gasteiger partial charge on any atom is -0.507 e. The Labute approximate surface area is 448 Å². The largest absolute Gasteiger partial charge is 0.507 e. The van der Waals surface area contributed by atoms with Crippen LogP contribution in [0, 0.1) is 36.4 Å². The lowest BCUT2D eigenvalue weighted by Crippen LogP contribution is -2.50. The molecule has 2 unspecified atom stereocenters. The lowest BCUT2D eigenvalue weighted by molar-refractivity contribution is -0.160. The molecular formula is C56H66FN5O16. The van der Waals surface area contributed by atoms with Crippen molar-refractivity contribution >= 4 is 62.9 Å². The van der Waals surface area contributed by atoms with Crippen LogP contribution in [0.15, 0.2) is 58.3 Å². The summed E-state index contributed by atoms with van der Waals surface area (Å²) in [5.41, 5.74) is -1.95. The first-order valence-corrected chi connectivity index (χ1v) is 25.6. The van der Waals surface area contributed by atoms with E-state index in [0.717, 1.165) is 12.3 Å². The van der Waals surface area contributed by atoms with Crippen LogP contribution in [-0.2, 0) is 23.8 Å². The molecule has 6 heterocycles. The second kappa shape index (κ2) is 21.6. The quantitative estimate of drug-likeness (QED) is 0.0475. The van der Waals surface area contributed by atoms with Crippen LogP contribution in [0.3, 0.4) is 0 Å². The number of nitrogens with one attached hydrogen (secondary N) is 1. The van der Waals surface area contributed by atoms with Gasteiger partial charge in [0.1, 0.15) is 41.2 Å². The van der Waals surface area contributed by atoms with Gasteiger partial charge in [0.05, 0.1) is 82.5 Å². The molecular weight excluding hydrogens is 1020 g/mol. The number of pyridine rings is 1. The van der Waals surface area contributed by atoms with Gasteiger partial charge in [-0.25, -0.2) is 9.18 Å².